The highest BCUT2D eigenvalue weighted by molar-refractivity contribution is 5.39. The maximum Gasteiger partial charge on any atom is 0.161 e. The van der Waals surface area contributed by atoms with Crippen molar-refractivity contribution in [1.82, 2.24) is 0 Å². The molecule has 0 aliphatic rings. The van der Waals surface area contributed by atoms with Crippen LogP contribution in [0.4, 0.5) is 0 Å². The molecule has 0 radical (unpaired) electrons. The van der Waals surface area contributed by atoms with E-state index in [0.717, 1.165) is 17.9 Å². The summed E-state index contributed by atoms with van der Waals surface area (Å²) in [6.45, 7) is 3.43. The lowest BCUT2D eigenvalue weighted by Crippen LogP contribution is -2.02. The second-order valence-corrected chi connectivity index (χ2v) is 3.22. The predicted molar refractivity (Wildman–Crippen MR) is 59.4 cm³/mol. The predicted octanol–water partition coefficient (Wildman–Crippen LogP) is 2.24. The number of hydrogen-bond acceptors (Lipinski definition) is 3. The molecule has 3 nitrogen and oxygen atoms in total. The highest BCUT2D eigenvalue weighted by Gasteiger charge is 2.02. The molecule has 0 fully saturated rings. The molecule has 84 valence electrons. The van der Waals surface area contributed by atoms with Crippen molar-refractivity contribution in [3.8, 4) is 11.5 Å². The van der Waals surface area contributed by atoms with Crippen LogP contribution in [0.3, 0.4) is 0 Å². The number of rotatable bonds is 7. The second-order valence-electron chi connectivity index (χ2n) is 3.22. The van der Waals surface area contributed by atoms with Gasteiger partial charge in [-0.3, -0.25) is 0 Å². The zero-order valence-corrected chi connectivity index (χ0v) is 9.11. The van der Waals surface area contributed by atoms with E-state index >= 15 is 0 Å². The molecule has 3 heteroatoms. The van der Waals surface area contributed by atoms with Crippen LogP contribution in [0, 0.1) is 0 Å². The largest absolute Gasteiger partial charge is 0.490 e. The summed E-state index contributed by atoms with van der Waals surface area (Å²) in [5.41, 5.74) is 0. The van der Waals surface area contributed by atoms with Gasteiger partial charge in [0.2, 0.25) is 0 Å². The Hall–Kier alpha value is -1.22. The summed E-state index contributed by atoms with van der Waals surface area (Å²) in [7, 11) is 0. The van der Waals surface area contributed by atoms with Gasteiger partial charge < -0.3 is 14.6 Å². The van der Waals surface area contributed by atoms with Crippen LogP contribution in [0.5, 0.6) is 11.5 Å². The fourth-order valence-corrected chi connectivity index (χ4v) is 1.15. The summed E-state index contributed by atoms with van der Waals surface area (Å²) in [6, 6.07) is 7.60. The van der Waals surface area contributed by atoms with Gasteiger partial charge in [-0.1, -0.05) is 19.1 Å². The van der Waals surface area contributed by atoms with Gasteiger partial charge in [0.25, 0.3) is 0 Å². The number of hydrogen-bond donors (Lipinski definition) is 1. The lowest BCUT2D eigenvalue weighted by molar-refractivity contribution is 0.223. The number of ether oxygens (including phenoxy) is 2. The van der Waals surface area contributed by atoms with Crippen LogP contribution in [-0.4, -0.2) is 24.9 Å². The molecule has 1 rings (SSSR count). The molecule has 0 aromatic heterocycles. The zero-order valence-electron chi connectivity index (χ0n) is 9.11. The number of aliphatic hydroxyl groups is 1. The summed E-state index contributed by atoms with van der Waals surface area (Å²) >= 11 is 0. The first-order valence-electron chi connectivity index (χ1n) is 5.34. The van der Waals surface area contributed by atoms with E-state index in [-0.39, 0.29) is 6.61 Å². The number of benzene rings is 1. The molecule has 1 aromatic carbocycles. The van der Waals surface area contributed by atoms with Gasteiger partial charge in [-0.05, 0) is 18.6 Å². The fourth-order valence-electron chi connectivity index (χ4n) is 1.15. The number of para-hydroxylation sites is 2. The van der Waals surface area contributed by atoms with Gasteiger partial charge in [0.1, 0.15) is 0 Å². The van der Waals surface area contributed by atoms with E-state index in [1.165, 1.54) is 0 Å². The molecule has 0 heterocycles. The van der Waals surface area contributed by atoms with E-state index in [1.807, 2.05) is 24.3 Å². The lowest BCUT2D eigenvalue weighted by atomic mass is 10.3. The average Bonchev–Trinajstić information content (AvgIpc) is 2.28. The fraction of sp³-hybridized carbons (Fsp3) is 0.500. The van der Waals surface area contributed by atoms with Gasteiger partial charge in [0, 0.05) is 13.0 Å². The molecule has 0 atom stereocenters. The van der Waals surface area contributed by atoms with Crippen LogP contribution in [0.25, 0.3) is 0 Å². The van der Waals surface area contributed by atoms with Gasteiger partial charge in [0.05, 0.1) is 13.2 Å². The van der Waals surface area contributed by atoms with E-state index in [9.17, 15) is 0 Å². The van der Waals surface area contributed by atoms with Crippen molar-refractivity contribution >= 4 is 0 Å². The molecule has 0 saturated heterocycles. The Morgan fingerprint density at radius 1 is 1.07 bits per heavy atom. The van der Waals surface area contributed by atoms with E-state index < -0.39 is 0 Å². The topological polar surface area (TPSA) is 38.7 Å². The van der Waals surface area contributed by atoms with Crippen molar-refractivity contribution < 1.29 is 14.6 Å². The van der Waals surface area contributed by atoms with E-state index in [4.69, 9.17) is 14.6 Å². The Morgan fingerprint density at radius 2 is 1.67 bits per heavy atom. The SMILES string of the molecule is CCCOc1ccccc1OCCCO. The Bertz CT molecular complexity index is 273. The minimum Gasteiger partial charge on any atom is -0.490 e. The third-order valence-electron chi connectivity index (χ3n) is 1.87. The third kappa shape index (κ3) is 4.21. The van der Waals surface area contributed by atoms with Gasteiger partial charge in [0.15, 0.2) is 11.5 Å². The summed E-state index contributed by atoms with van der Waals surface area (Å²) < 4.78 is 11.0. The Balaban J connectivity index is 2.52. The van der Waals surface area contributed by atoms with E-state index in [2.05, 4.69) is 6.92 Å². The first-order valence-corrected chi connectivity index (χ1v) is 5.34. The zero-order chi connectivity index (χ0) is 10.9. The van der Waals surface area contributed by atoms with Crippen LogP contribution < -0.4 is 9.47 Å². The maximum absolute atomic E-state index is 8.64. The van der Waals surface area contributed by atoms with Crippen LogP contribution >= 0.6 is 0 Å². The first kappa shape index (κ1) is 11.9. The minimum absolute atomic E-state index is 0.151. The molecule has 1 N–H and O–H groups in total. The molecule has 0 aliphatic carbocycles. The van der Waals surface area contributed by atoms with E-state index in [0.29, 0.717) is 19.6 Å². The van der Waals surface area contributed by atoms with Crippen molar-refractivity contribution in [3.05, 3.63) is 24.3 Å². The quantitative estimate of drug-likeness (QED) is 0.701. The van der Waals surface area contributed by atoms with E-state index in [1.54, 1.807) is 0 Å². The van der Waals surface area contributed by atoms with Gasteiger partial charge >= 0.3 is 0 Å². The smallest absolute Gasteiger partial charge is 0.161 e. The molecule has 0 saturated carbocycles. The maximum atomic E-state index is 8.64. The summed E-state index contributed by atoms with van der Waals surface area (Å²) in [4.78, 5) is 0. The third-order valence-corrected chi connectivity index (χ3v) is 1.87. The normalized spacial score (nSPS) is 10.0. The first-order chi connectivity index (χ1) is 7.38. The second kappa shape index (κ2) is 7.12. The monoisotopic (exact) mass is 210 g/mol. The molecule has 1 aromatic rings. The Labute approximate surface area is 90.6 Å². The van der Waals surface area contributed by atoms with Crippen LogP contribution in [0.1, 0.15) is 19.8 Å². The standard InChI is InChI=1S/C12H18O3/c1-2-9-14-11-6-3-4-7-12(11)15-10-5-8-13/h3-4,6-7,13H,2,5,8-10H2,1H3. The summed E-state index contributed by atoms with van der Waals surface area (Å²) in [5, 5.41) is 8.64. The molecular weight excluding hydrogens is 192 g/mol. The van der Waals surface area contributed by atoms with Crippen molar-refractivity contribution in [2.75, 3.05) is 19.8 Å². The lowest BCUT2D eigenvalue weighted by Gasteiger charge is -2.11. The van der Waals surface area contributed by atoms with Crippen LogP contribution in [0.2, 0.25) is 0 Å². The number of aliphatic hydroxyl groups excluding tert-OH is 1. The molecule has 15 heavy (non-hydrogen) atoms. The van der Waals surface area contributed by atoms with Gasteiger partial charge in [-0.15, -0.1) is 0 Å². The average molecular weight is 210 g/mol. The molecule has 0 unspecified atom stereocenters. The molecule has 0 spiro atoms. The summed E-state index contributed by atoms with van der Waals surface area (Å²) in [6.07, 6.45) is 1.62. The van der Waals surface area contributed by atoms with Crippen molar-refractivity contribution in [1.29, 1.82) is 0 Å². The van der Waals surface area contributed by atoms with Gasteiger partial charge in [-0.2, -0.15) is 0 Å². The molecule has 0 amide bonds. The van der Waals surface area contributed by atoms with Crippen molar-refractivity contribution in [3.63, 3.8) is 0 Å². The van der Waals surface area contributed by atoms with Crippen LogP contribution in [-0.2, 0) is 0 Å². The summed E-state index contributed by atoms with van der Waals surface area (Å²) in [5.74, 6) is 1.52. The highest BCUT2D eigenvalue weighted by Crippen LogP contribution is 2.26. The van der Waals surface area contributed by atoms with Crippen LogP contribution in [0.15, 0.2) is 24.3 Å². The van der Waals surface area contributed by atoms with Crippen molar-refractivity contribution in [2.45, 2.75) is 19.8 Å². The minimum atomic E-state index is 0.151. The molecular formula is C12H18O3. The Kier molecular flexibility index (Phi) is 5.63. The molecule has 0 bridgehead atoms. The highest BCUT2D eigenvalue weighted by atomic mass is 16.5. The van der Waals surface area contributed by atoms with Gasteiger partial charge in [-0.25, -0.2) is 0 Å². The molecule has 0 aliphatic heterocycles. The Morgan fingerprint density at radius 3 is 2.20 bits per heavy atom. The van der Waals surface area contributed by atoms with Crippen molar-refractivity contribution in [2.24, 2.45) is 0 Å².